The molecule has 0 saturated carbocycles. The van der Waals surface area contributed by atoms with Crippen LogP contribution in [-0.2, 0) is 33.1 Å². The Morgan fingerprint density at radius 2 is 1.83 bits per heavy atom. The average Bonchev–Trinajstić information content (AvgIpc) is 3.31. The van der Waals surface area contributed by atoms with Crippen LogP contribution in [0.15, 0.2) is 30.5 Å². The fraction of sp³-hybridized carbons (Fsp3) is 0.333. The molecule has 2 aromatic heterocycles. The second-order valence-corrected chi connectivity index (χ2v) is 7.72. The quantitative estimate of drug-likeness (QED) is 0.687. The Labute approximate surface area is 168 Å². The highest BCUT2D eigenvalue weighted by Crippen LogP contribution is 2.26. The predicted octanol–water partition coefficient (Wildman–Crippen LogP) is 1.81. The summed E-state index contributed by atoms with van der Waals surface area (Å²) in [6.45, 7) is 4.59. The maximum atomic E-state index is 12.7. The molecule has 2 amide bonds. The molecule has 0 spiro atoms. The number of hydrogen-bond donors (Lipinski definition) is 1. The van der Waals surface area contributed by atoms with Crippen LogP contribution in [0.25, 0.3) is 0 Å². The topological polar surface area (TPSA) is 87.1 Å². The van der Waals surface area contributed by atoms with Crippen molar-refractivity contribution in [3.8, 4) is 0 Å². The molecule has 5 rings (SSSR count). The second kappa shape index (κ2) is 6.66. The summed E-state index contributed by atoms with van der Waals surface area (Å²) in [5.74, 6) is 0.444. The Balaban J connectivity index is 1.36. The van der Waals surface area contributed by atoms with E-state index in [4.69, 9.17) is 0 Å². The third-order valence-electron chi connectivity index (χ3n) is 5.60. The summed E-state index contributed by atoms with van der Waals surface area (Å²) < 4.78 is 1.75. The van der Waals surface area contributed by atoms with E-state index in [9.17, 15) is 9.59 Å². The molecule has 0 unspecified atom stereocenters. The molecule has 8 nitrogen and oxygen atoms in total. The van der Waals surface area contributed by atoms with Crippen LogP contribution in [0.2, 0.25) is 0 Å². The first-order valence-corrected chi connectivity index (χ1v) is 9.73. The summed E-state index contributed by atoms with van der Waals surface area (Å²) in [5, 5.41) is 4.54. The van der Waals surface area contributed by atoms with Crippen molar-refractivity contribution < 1.29 is 9.59 Å². The molecule has 2 aliphatic rings. The van der Waals surface area contributed by atoms with Crippen molar-refractivity contribution in [2.45, 2.75) is 33.0 Å². The minimum Gasteiger partial charge on any atom is -0.345 e. The van der Waals surface area contributed by atoms with Crippen LogP contribution in [0.4, 0.5) is 0 Å². The van der Waals surface area contributed by atoms with E-state index in [2.05, 4.69) is 20.0 Å². The van der Waals surface area contributed by atoms with Gasteiger partial charge in [0.05, 0.1) is 34.8 Å². The van der Waals surface area contributed by atoms with Gasteiger partial charge in [-0.25, -0.2) is 4.98 Å². The number of fused-ring (bicyclic) bond motifs is 2. The van der Waals surface area contributed by atoms with E-state index in [1.807, 2.05) is 20.2 Å². The summed E-state index contributed by atoms with van der Waals surface area (Å²) >= 11 is 0. The van der Waals surface area contributed by atoms with Crippen LogP contribution in [0.1, 0.15) is 49.2 Å². The Morgan fingerprint density at radius 3 is 2.55 bits per heavy atom. The van der Waals surface area contributed by atoms with Gasteiger partial charge in [-0.3, -0.25) is 24.1 Å². The van der Waals surface area contributed by atoms with E-state index >= 15 is 0 Å². The lowest BCUT2D eigenvalue weighted by atomic mass is 10.1. The molecule has 4 heterocycles. The largest absolute Gasteiger partial charge is 0.345 e. The number of aromatic amines is 1. The highest BCUT2D eigenvalue weighted by atomic mass is 16.2. The van der Waals surface area contributed by atoms with Gasteiger partial charge in [0.25, 0.3) is 11.8 Å². The zero-order valence-corrected chi connectivity index (χ0v) is 16.5. The molecule has 0 saturated heterocycles. The van der Waals surface area contributed by atoms with Crippen molar-refractivity contribution in [2.75, 3.05) is 6.54 Å². The SMILES string of the molecule is Cc1nc2c([nH]1)CN(Cc1cn(C)nc1CN1C(=O)c3ccccc3C1=O)CC2. The Hall–Kier alpha value is -3.26. The van der Waals surface area contributed by atoms with Gasteiger partial charge in [-0.05, 0) is 19.1 Å². The van der Waals surface area contributed by atoms with Crippen molar-refractivity contribution in [1.29, 1.82) is 0 Å². The Morgan fingerprint density at radius 1 is 1.10 bits per heavy atom. The first-order chi connectivity index (χ1) is 14.0. The maximum absolute atomic E-state index is 12.7. The van der Waals surface area contributed by atoms with E-state index in [1.54, 1.807) is 28.9 Å². The highest BCUT2D eigenvalue weighted by Gasteiger charge is 2.36. The first kappa shape index (κ1) is 17.8. The first-order valence-electron chi connectivity index (χ1n) is 9.73. The third-order valence-corrected chi connectivity index (χ3v) is 5.60. The van der Waals surface area contributed by atoms with Crippen molar-refractivity contribution in [3.63, 3.8) is 0 Å². The fourth-order valence-corrected chi connectivity index (χ4v) is 4.25. The number of carbonyl (C=O) groups excluding carboxylic acids is 2. The summed E-state index contributed by atoms with van der Waals surface area (Å²) in [5.41, 5.74) is 5.04. The standard InChI is InChI=1S/C21H22N6O2/c1-13-22-17-7-8-26(11-19(17)23-13)10-14-9-25(2)24-18(14)12-27-20(28)15-5-3-4-6-16(15)21(27)29/h3-6,9H,7-8,10-12H2,1-2H3,(H,22,23). The van der Waals surface area contributed by atoms with Crippen molar-refractivity contribution in [1.82, 2.24) is 29.5 Å². The monoisotopic (exact) mass is 390 g/mol. The van der Waals surface area contributed by atoms with Crippen LogP contribution >= 0.6 is 0 Å². The number of nitrogens with zero attached hydrogens (tertiary/aromatic N) is 5. The molecule has 0 atom stereocenters. The average molecular weight is 390 g/mol. The lowest BCUT2D eigenvalue weighted by Crippen LogP contribution is -2.32. The smallest absolute Gasteiger partial charge is 0.261 e. The van der Waals surface area contributed by atoms with E-state index in [0.29, 0.717) is 17.7 Å². The van der Waals surface area contributed by atoms with Crippen molar-refractivity contribution in [3.05, 3.63) is 70.1 Å². The van der Waals surface area contributed by atoms with Gasteiger partial charge in [-0.15, -0.1) is 0 Å². The zero-order valence-electron chi connectivity index (χ0n) is 16.5. The molecule has 148 valence electrons. The fourth-order valence-electron chi connectivity index (χ4n) is 4.25. The minimum atomic E-state index is -0.252. The van der Waals surface area contributed by atoms with Crippen molar-refractivity contribution in [2.24, 2.45) is 7.05 Å². The molecule has 0 aliphatic carbocycles. The maximum Gasteiger partial charge on any atom is 0.261 e. The highest BCUT2D eigenvalue weighted by molar-refractivity contribution is 6.21. The Bertz CT molecular complexity index is 1090. The van der Waals surface area contributed by atoms with Gasteiger partial charge in [0.15, 0.2) is 0 Å². The summed E-state index contributed by atoms with van der Waals surface area (Å²) in [7, 11) is 1.86. The van der Waals surface area contributed by atoms with E-state index in [-0.39, 0.29) is 18.4 Å². The minimum absolute atomic E-state index is 0.185. The van der Waals surface area contributed by atoms with Crippen LogP contribution in [0.5, 0.6) is 0 Å². The van der Waals surface area contributed by atoms with E-state index in [1.165, 1.54) is 10.6 Å². The number of amides is 2. The van der Waals surface area contributed by atoms with Gasteiger partial charge in [-0.1, -0.05) is 12.1 Å². The lowest BCUT2D eigenvalue weighted by molar-refractivity contribution is 0.0639. The normalized spacial score (nSPS) is 16.4. The molecule has 2 aliphatic heterocycles. The van der Waals surface area contributed by atoms with Gasteiger partial charge in [0, 0.05) is 44.9 Å². The van der Waals surface area contributed by atoms with E-state index in [0.717, 1.165) is 42.3 Å². The van der Waals surface area contributed by atoms with Gasteiger partial charge < -0.3 is 4.98 Å². The van der Waals surface area contributed by atoms with Gasteiger partial charge in [-0.2, -0.15) is 5.10 Å². The molecule has 0 fully saturated rings. The second-order valence-electron chi connectivity index (χ2n) is 7.72. The zero-order chi connectivity index (χ0) is 20.1. The molecule has 29 heavy (non-hydrogen) atoms. The number of aromatic nitrogens is 4. The Kier molecular flexibility index (Phi) is 4.09. The van der Waals surface area contributed by atoms with Gasteiger partial charge in [0.2, 0.25) is 0 Å². The summed E-state index contributed by atoms with van der Waals surface area (Å²) in [6, 6.07) is 6.96. The molecule has 0 radical (unpaired) electrons. The number of hydrogen-bond acceptors (Lipinski definition) is 5. The molecular formula is C21H22N6O2. The number of carbonyl (C=O) groups is 2. The van der Waals surface area contributed by atoms with Crippen molar-refractivity contribution >= 4 is 11.8 Å². The number of imide groups is 1. The van der Waals surface area contributed by atoms with Gasteiger partial charge in [0.1, 0.15) is 5.82 Å². The number of imidazole rings is 1. The number of rotatable bonds is 4. The molecule has 1 aromatic carbocycles. The van der Waals surface area contributed by atoms with Gasteiger partial charge >= 0.3 is 0 Å². The van der Waals surface area contributed by atoms with Crippen LogP contribution in [0, 0.1) is 6.92 Å². The molecule has 1 N–H and O–H groups in total. The van der Waals surface area contributed by atoms with E-state index < -0.39 is 0 Å². The van der Waals surface area contributed by atoms with Crippen LogP contribution in [-0.4, -0.2) is 47.9 Å². The number of aryl methyl sites for hydroxylation is 2. The summed E-state index contributed by atoms with van der Waals surface area (Å²) in [4.78, 5) is 36.9. The predicted molar refractivity (Wildman–Crippen MR) is 105 cm³/mol. The summed E-state index contributed by atoms with van der Waals surface area (Å²) in [6.07, 6.45) is 2.88. The van der Waals surface area contributed by atoms with Crippen LogP contribution in [0.3, 0.4) is 0 Å². The molecular weight excluding hydrogens is 368 g/mol. The third kappa shape index (κ3) is 3.05. The van der Waals surface area contributed by atoms with Crippen LogP contribution < -0.4 is 0 Å². The number of H-pyrrole nitrogens is 1. The lowest BCUT2D eigenvalue weighted by Gasteiger charge is -2.26. The number of benzene rings is 1. The number of nitrogens with one attached hydrogen (secondary N) is 1. The molecule has 8 heteroatoms. The molecule has 3 aromatic rings. The molecule has 0 bridgehead atoms.